The van der Waals surface area contributed by atoms with Crippen molar-refractivity contribution in [2.24, 2.45) is 29.6 Å². The maximum absolute atomic E-state index is 2.42. The van der Waals surface area contributed by atoms with Gasteiger partial charge in [-0.15, -0.1) is 0 Å². The van der Waals surface area contributed by atoms with Crippen molar-refractivity contribution < 1.29 is 0 Å². The third-order valence-corrected chi connectivity index (χ3v) is 3.94. The SMILES string of the molecule is CCC(C)C1CC(C)C1C(C)C. The van der Waals surface area contributed by atoms with Gasteiger partial charge in [0.25, 0.3) is 0 Å². The molecule has 0 nitrogen and oxygen atoms in total. The maximum Gasteiger partial charge on any atom is -0.0334 e. The van der Waals surface area contributed by atoms with Gasteiger partial charge in [-0.3, -0.25) is 0 Å². The second kappa shape index (κ2) is 3.81. The summed E-state index contributed by atoms with van der Waals surface area (Å²) in [5.74, 6) is 4.88. The fraction of sp³-hybridized carbons (Fsp3) is 1.00. The first-order valence-electron chi connectivity index (χ1n) is 5.57. The first-order chi connectivity index (χ1) is 5.57. The van der Waals surface area contributed by atoms with Crippen LogP contribution in [-0.2, 0) is 0 Å². The molecule has 0 aromatic rings. The minimum absolute atomic E-state index is 0.896. The first kappa shape index (κ1) is 10.1. The Morgan fingerprint density at radius 3 is 2.17 bits per heavy atom. The predicted molar refractivity (Wildman–Crippen MR) is 55.1 cm³/mol. The number of rotatable bonds is 3. The van der Waals surface area contributed by atoms with Crippen LogP contribution in [0, 0.1) is 29.6 Å². The third kappa shape index (κ3) is 1.67. The largest absolute Gasteiger partial charge is 0.0651 e. The average molecular weight is 168 g/mol. The van der Waals surface area contributed by atoms with E-state index in [1.165, 1.54) is 12.8 Å². The Balaban J connectivity index is 2.48. The second-order valence-corrected chi connectivity index (χ2v) is 5.08. The fourth-order valence-electron chi connectivity index (χ4n) is 3.04. The van der Waals surface area contributed by atoms with E-state index in [9.17, 15) is 0 Å². The summed E-state index contributed by atoms with van der Waals surface area (Å²) in [6.07, 6.45) is 2.85. The minimum atomic E-state index is 0.896. The highest BCUT2D eigenvalue weighted by Gasteiger charge is 2.41. The van der Waals surface area contributed by atoms with Crippen molar-refractivity contribution in [3.05, 3.63) is 0 Å². The molecular formula is C12H24. The normalized spacial score (nSPS) is 38.0. The summed E-state index contributed by atoms with van der Waals surface area (Å²) in [7, 11) is 0. The lowest BCUT2D eigenvalue weighted by Crippen LogP contribution is -2.41. The molecule has 4 atom stereocenters. The van der Waals surface area contributed by atoms with E-state index in [2.05, 4.69) is 34.6 Å². The molecule has 0 radical (unpaired) electrons. The molecule has 0 N–H and O–H groups in total. The van der Waals surface area contributed by atoms with Gasteiger partial charge in [0.15, 0.2) is 0 Å². The van der Waals surface area contributed by atoms with Crippen molar-refractivity contribution in [1.82, 2.24) is 0 Å². The number of hydrogen-bond acceptors (Lipinski definition) is 0. The van der Waals surface area contributed by atoms with Crippen molar-refractivity contribution in [3.63, 3.8) is 0 Å². The van der Waals surface area contributed by atoms with Crippen LogP contribution in [-0.4, -0.2) is 0 Å². The maximum atomic E-state index is 2.42. The lowest BCUT2D eigenvalue weighted by molar-refractivity contribution is 0.00425. The zero-order valence-electron chi connectivity index (χ0n) is 9.30. The van der Waals surface area contributed by atoms with E-state index >= 15 is 0 Å². The molecule has 0 spiro atoms. The summed E-state index contributed by atoms with van der Waals surface area (Å²) in [6.45, 7) is 11.9. The molecule has 1 rings (SSSR count). The van der Waals surface area contributed by atoms with Gasteiger partial charge in [-0.1, -0.05) is 41.0 Å². The highest BCUT2D eigenvalue weighted by molar-refractivity contribution is 4.90. The summed E-state index contributed by atoms with van der Waals surface area (Å²) in [5, 5.41) is 0. The van der Waals surface area contributed by atoms with E-state index in [-0.39, 0.29) is 0 Å². The molecule has 1 aliphatic carbocycles. The summed E-state index contributed by atoms with van der Waals surface area (Å²) in [6, 6.07) is 0. The van der Waals surface area contributed by atoms with Gasteiger partial charge >= 0.3 is 0 Å². The Bertz CT molecular complexity index is 132. The first-order valence-corrected chi connectivity index (χ1v) is 5.57. The predicted octanol–water partition coefficient (Wildman–Crippen LogP) is 3.96. The minimum Gasteiger partial charge on any atom is -0.0651 e. The molecule has 0 heterocycles. The van der Waals surface area contributed by atoms with Gasteiger partial charge in [0.2, 0.25) is 0 Å². The van der Waals surface area contributed by atoms with Crippen LogP contribution in [0.25, 0.3) is 0 Å². The zero-order valence-corrected chi connectivity index (χ0v) is 9.30. The van der Waals surface area contributed by atoms with E-state index in [0.717, 1.165) is 29.6 Å². The molecule has 0 aromatic heterocycles. The van der Waals surface area contributed by atoms with Crippen molar-refractivity contribution in [2.45, 2.75) is 47.5 Å². The molecule has 0 amide bonds. The third-order valence-electron chi connectivity index (χ3n) is 3.94. The Kier molecular flexibility index (Phi) is 3.20. The summed E-state index contributed by atoms with van der Waals surface area (Å²) in [4.78, 5) is 0. The van der Waals surface area contributed by atoms with Crippen molar-refractivity contribution in [1.29, 1.82) is 0 Å². The van der Waals surface area contributed by atoms with Gasteiger partial charge in [0.05, 0.1) is 0 Å². The zero-order chi connectivity index (χ0) is 9.30. The van der Waals surface area contributed by atoms with Gasteiger partial charge in [-0.05, 0) is 36.0 Å². The fourth-order valence-corrected chi connectivity index (χ4v) is 3.04. The lowest BCUT2D eigenvalue weighted by Gasteiger charge is -2.48. The molecular weight excluding hydrogens is 144 g/mol. The van der Waals surface area contributed by atoms with E-state index in [1.54, 1.807) is 0 Å². The lowest BCUT2D eigenvalue weighted by atomic mass is 9.57. The second-order valence-electron chi connectivity index (χ2n) is 5.08. The molecule has 0 saturated heterocycles. The van der Waals surface area contributed by atoms with Gasteiger partial charge in [-0.25, -0.2) is 0 Å². The summed E-state index contributed by atoms with van der Waals surface area (Å²) in [5.41, 5.74) is 0. The van der Waals surface area contributed by atoms with Crippen LogP contribution in [0.4, 0.5) is 0 Å². The van der Waals surface area contributed by atoms with E-state index in [0.29, 0.717) is 0 Å². The molecule has 12 heavy (non-hydrogen) atoms. The standard InChI is InChI=1S/C12H24/c1-6-9(4)11-7-10(5)12(11)8(2)3/h8-12H,6-7H2,1-5H3. The summed E-state index contributed by atoms with van der Waals surface area (Å²) >= 11 is 0. The smallest absolute Gasteiger partial charge is 0.0334 e. The average Bonchev–Trinajstić information content (AvgIpc) is 1.97. The van der Waals surface area contributed by atoms with Gasteiger partial charge in [0, 0.05) is 0 Å². The Hall–Kier alpha value is 0. The topological polar surface area (TPSA) is 0 Å². The van der Waals surface area contributed by atoms with Crippen LogP contribution < -0.4 is 0 Å². The van der Waals surface area contributed by atoms with E-state index in [1.807, 2.05) is 0 Å². The Morgan fingerprint density at radius 2 is 1.83 bits per heavy atom. The van der Waals surface area contributed by atoms with E-state index < -0.39 is 0 Å². The Morgan fingerprint density at radius 1 is 1.25 bits per heavy atom. The Labute approximate surface area is 77.7 Å². The molecule has 1 aliphatic rings. The molecule has 0 bridgehead atoms. The van der Waals surface area contributed by atoms with Crippen LogP contribution in [0.5, 0.6) is 0 Å². The molecule has 0 heteroatoms. The van der Waals surface area contributed by atoms with Crippen molar-refractivity contribution >= 4 is 0 Å². The quantitative estimate of drug-likeness (QED) is 0.598. The monoisotopic (exact) mass is 168 g/mol. The van der Waals surface area contributed by atoms with Gasteiger partial charge in [-0.2, -0.15) is 0 Å². The van der Waals surface area contributed by atoms with Crippen LogP contribution in [0.2, 0.25) is 0 Å². The van der Waals surface area contributed by atoms with Crippen molar-refractivity contribution in [3.8, 4) is 0 Å². The van der Waals surface area contributed by atoms with Crippen LogP contribution in [0.1, 0.15) is 47.5 Å². The van der Waals surface area contributed by atoms with Crippen molar-refractivity contribution in [2.75, 3.05) is 0 Å². The molecule has 1 saturated carbocycles. The van der Waals surface area contributed by atoms with Gasteiger partial charge in [0.1, 0.15) is 0 Å². The van der Waals surface area contributed by atoms with Gasteiger partial charge < -0.3 is 0 Å². The highest BCUT2D eigenvalue weighted by Crippen LogP contribution is 2.48. The molecule has 0 aromatic carbocycles. The van der Waals surface area contributed by atoms with Crippen LogP contribution in [0.15, 0.2) is 0 Å². The molecule has 1 fully saturated rings. The van der Waals surface area contributed by atoms with E-state index in [4.69, 9.17) is 0 Å². The molecule has 72 valence electrons. The van der Waals surface area contributed by atoms with Crippen LogP contribution in [0.3, 0.4) is 0 Å². The summed E-state index contributed by atoms with van der Waals surface area (Å²) < 4.78 is 0. The molecule has 4 unspecified atom stereocenters. The number of hydrogen-bond donors (Lipinski definition) is 0. The van der Waals surface area contributed by atoms with Crippen LogP contribution >= 0.6 is 0 Å². The highest BCUT2D eigenvalue weighted by atomic mass is 14.5. The molecule has 0 aliphatic heterocycles.